The lowest BCUT2D eigenvalue weighted by Crippen LogP contribution is -2.30. The van der Waals surface area contributed by atoms with Crippen LogP contribution in [0.4, 0.5) is 5.69 Å². The summed E-state index contributed by atoms with van der Waals surface area (Å²) in [7, 11) is 0. The van der Waals surface area contributed by atoms with E-state index < -0.39 is 0 Å². The summed E-state index contributed by atoms with van der Waals surface area (Å²) in [5.74, 6) is -0.0596. The van der Waals surface area contributed by atoms with Gasteiger partial charge in [0.2, 0.25) is 0 Å². The van der Waals surface area contributed by atoms with Gasteiger partial charge in [0.15, 0.2) is 0 Å². The number of carbonyl (C=O) groups excluding carboxylic acids is 1. The van der Waals surface area contributed by atoms with Gasteiger partial charge in [-0.1, -0.05) is 12.1 Å². The molecule has 0 bridgehead atoms. The predicted molar refractivity (Wildman–Crippen MR) is 67.1 cm³/mol. The van der Waals surface area contributed by atoms with Crippen molar-refractivity contribution in [2.75, 3.05) is 11.4 Å². The minimum Gasteiger partial charge on any atom is -0.341 e. The van der Waals surface area contributed by atoms with Crippen LogP contribution in [0.5, 0.6) is 0 Å². The van der Waals surface area contributed by atoms with Crippen LogP contribution in [-0.2, 0) is 0 Å². The molecule has 0 spiro atoms. The van der Waals surface area contributed by atoms with Gasteiger partial charge < -0.3 is 9.88 Å². The van der Waals surface area contributed by atoms with E-state index in [-0.39, 0.29) is 5.91 Å². The van der Waals surface area contributed by atoms with E-state index in [9.17, 15) is 4.79 Å². The highest BCUT2D eigenvalue weighted by Gasteiger charge is 2.16. The first-order valence-corrected chi connectivity index (χ1v) is 5.59. The summed E-state index contributed by atoms with van der Waals surface area (Å²) in [5, 5.41) is 0. The molecule has 1 aromatic heterocycles. The SMILES string of the molecule is CCN(C(=O)c1cnc[nH]1)c1cccc(C)c1. The summed E-state index contributed by atoms with van der Waals surface area (Å²) in [6, 6.07) is 7.90. The second-order valence-electron chi connectivity index (χ2n) is 3.85. The number of aromatic nitrogens is 2. The number of carbonyl (C=O) groups is 1. The molecule has 0 fully saturated rings. The Morgan fingerprint density at radius 3 is 2.88 bits per heavy atom. The van der Waals surface area contributed by atoms with E-state index in [1.54, 1.807) is 11.1 Å². The molecule has 1 heterocycles. The molecule has 0 saturated carbocycles. The van der Waals surface area contributed by atoms with Crippen molar-refractivity contribution in [2.45, 2.75) is 13.8 Å². The molecule has 0 aliphatic carbocycles. The third kappa shape index (κ3) is 2.36. The maximum atomic E-state index is 12.2. The second-order valence-corrected chi connectivity index (χ2v) is 3.85. The number of imidazole rings is 1. The van der Waals surface area contributed by atoms with E-state index in [2.05, 4.69) is 9.97 Å². The van der Waals surface area contributed by atoms with Crippen molar-refractivity contribution < 1.29 is 4.79 Å². The first kappa shape index (κ1) is 11.4. The van der Waals surface area contributed by atoms with E-state index in [4.69, 9.17) is 0 Å². The molecule has 0 saturated heterocycles. The molecule has 0 radical (unpaired) electrons. The number of nitrogens with one attached hydrogen (secondary N) is 1. The lowest BCUT2D eigenvalue weighted by atomic mass is 10.2. The maximum absolute atomic E-state index is 12.2. The molecule has 2 rings (SSSR count). The van der Waals surface area contributed by atoms with Crippen LogP contribution in [0.3, 0.4) is 0 Å². The topological polar surface area (TPSA) is 49.0 Å². The molecule has 0 aliphatic heterocycles. The van der Waals surface area contributed by atoms with Crippen LogP contribution >= 0.6 is 0 Å². The van der Waals surface area contributed by atoms with Crippen molar-refractivity contribution in [3.8, 4) is 0 Å². The number of rotatable bonds is 3. The van der Waals surface area contributed by atoms with E-state index in [0.29, 0.717) is 12.2 Å². The van der Waals surface area contributed by atoms with E-state index in [1.807, 2.05) is 38.1 Å². The molecule has 1 N–H and O–H groups in total. The summed E-state index contributed by atoms with van der Waals surface area (Å²) in [6.07, 6.45) is 3.05. The summed E-state index contributed by atoms with van der Waals surface area (Å²) >= 11 is 0. The van der Waals surface area contributed by atoms with Gasteiger partial charge in [-0.2, -0.15) is 0 Å². The lowest BCUT2D eigenvalue weighted by molar-refractivity contribution is 0.0984. The molecule has 4 nitrogen and oxygen atoms in total. The van der Waals surface area contributed by atoms with E-state index >= 15 is 0 Å². The maximum Gasteiger partial charge on any atom is 0.276 e. The van der Waals surface area contributed by atoms with Crippen LogP contribution < -0.4 is 4.90 Å². The van der Waals surface area contributed by atoms with Gasteiger partial charge in [-0.15, -0.1) is 0 Å². The van der Waals surface area contributed by atoms with Gasteiger partial charge in [0.05, 0.1) is 12.5 Å². The summed E-state index contributed by atoms with van der Waals surface area (Å²) in [4.78, 5) is 20.6. The quantitative estimate of drug-likeness (QED) is 0.878. The normalized spacial score (nSPS) is 10.2. The van der Waals surface area contributed by atoms with Crippen molar-refractivity contribution in [1.29, 1.82) is 0 Å². The van der Waals surface area contributed by atoms with Crippen molar-refractivity contribution in [2.24, 2.45) is 0 Å². The Balaban J connectivity index is 2.31. The molecule has 0 aliphatic rings. The number of hydrogen-bond acceptors (Lipinski definition) is 2. The fourth-order valence-electron chi connectivity index (χ4n) is 1.76. The Bertz CT molecular complexity index is 505. The minimum absolute atomic E-state index is 0.0596. The molecule has 1 aromatic carbocycles. The molecule has 0 atom stereocenters. The van der Waals surface area contributed by atoms with Crippen LogP contribution in [0.15, 0.2) is 36.8 Å². The summed E-state index contributed by atoms with van der Waals surface area (Å²) in [6.45, 7) is 4.59. The average molecular weight is 229 g/mol. The summed E-state index contributed by atoms with van der Waals surface area (Å²) in [5.41, 5.74) is 2.55. The van der Waals surface area contributed by atoms with Crippen molar-refractivity contribution in [3.63, 3.8) is 0 Å². The van der Waals surface area contributed by atoms with Gasteiger partial charge in [-0.3, -0.25) is 4.79 Å². The zero-order valence-electron chi connectivity index (χ0n) is 9.97. The first-order valence-electron chi connectivity index (χ1n) is 5.59. The number of hydrogen-bond donors (Lipinski definition) is 1. The zero-order valence-corrected chi connectivity index (χ0v) is 9.97. The molecular formula is C13H15N3O. The van der Waals surface area contributed by atoms with Crippen molar-refractivity contribution in [1.82, 2.24) is 9.97 Å². The fraction of sp³-hybridized carbons (Fsp3) is 0.231. The van der Waals surface area contributed by atoms with Gasteiger partial charge in [-0.25, -0.2) is 4.98 Å². The highest BCUT2D eigenvalue weighted by atomic mass is 16.2. The number of H-pyrrole nitrogens is 1. The van der Waals surface area contributed by atoms with Gasteiger partial charge in [0.1, 0.15) is 5.69 Å². The van der Waals surface area contributed by atoms with Crippen LogP contribution in [0, 0.1) is 6.92 Å². The Morgan fingerprint density at radius 1 is 1.47 bits per heavy atom. The third-order valence-electron chi connectivity index (χ3n) is 2.60. The first-order chi connectivity index (χ1) is 8.22. The minimum atomic E-state index is -0.0596. The second kappa shape index (κ2) is 4.82. The molecule has 88 valence electrons. The lowest BCUT2D eigenvalue weighted by Gasteiger charge is -2.20. The number of aromatic amines is 1. The van der Waals surface area contributed by atoms with Crippen LogP contribution in [0.2, 0.25) is 0 Å². The third-order valence-corrected chi connectivity index (χ3v) is 2.60. The Kier molecular flexibility index (Phi) is 3.23. The smallest absolute Gasteiger partial charge is 0.276 e. The van der Waals surface area contributed by atoms with Gasteiger partial charge >= 0.3 is 0 Å². The number of benzene rings is 1. The number of amides is 1. The fourth-order valence-corrected chi connectivity index (χ4v) is 1.76. The standard InChI is InChI=1S/C13H15N3O/c1-3-16(11-6-4-5-10(2)7-11)13(17)12-8-14-9-15-12/h4-9H,3H2,1-2H3,(H,14,15). The summed E-state index contributed by atoms with van der Waals surface area (Å²) < 4.78 is 0. The van der Waals surface area contributed by atoms with Gasteiger partial charge in [-0.05, 0) is 31.5 Å². The average Bonchev–Trinajstić information content (AvgIpc) is 2.83. The molecular weight excluding hydrogens is 214 g/mol. The number of anilines is 1. The molecule has 4 heteroatoms. The van der Waals surface area contributed by atoms with Crippen LogP contribution in [0.25, 0.3) is 0 Å². The Labute approximate surface area is 100 Å². The number of aryl methyl sites for hydroxylation is 1. The van der Waals surface area contributed by atoms with Crippen molar-refractivity contribution in [3.05, 3.63) is 48.0 Å². The zero-order chi connectivity index (χ0) is 12.3. The van der Waals surface area contributed by atoms with Crippen LogP contribution in [0.1, 0.15) is 23.0 Å². The highest BCUT2D eigenvalue weighted by Crippen LogP contribution is 2.17. The molecule has 1 amide bonds. The largest absolute Gasteiger partial charge is 0.341 e. The molecule has 17 heavy (non-hydrogen) atoms. The Morgan fingerprint density at radius 2 is 2.29 bits per heavy atom. The van der Waals surface area contributed by atoms with E-state index in [0.717, 1.165) is 11.3 Å². The van der Waals surface area contributed by atoms with E-state index in [1.165, 1.54) is 6.33 Å². The Hall–Kier alpha value is -2.10. The van der Waals surface area contributed by atoms with Gasteiger partial charge in [0.25, 0.3) is 5.91 Å². The monoisotopic (exact) mass is 229 g/mol. The molecule has 0 unspecified atom stereocenters. The predicted octanol–water partition coefficient (Wildman–Crippen LogP) is 2.38. The van der Waals surface area contributed by atoms with Crippen LogP contribution in [-0.4, -0.2) is 22.4 Å². The van der Waals surface area contributed by atoms with Crippen molar-refractivity contribution >= 4 is 11.6 Å². The molecule has 2 aromatic rings. The number of nitrogens with zero attached hydrogens (tertiary/aromatic N) is 2. The highest BCUT2D eigenvalue weighted by molar-refractivity contribution is 6.04. The van der Waals surface area contributed by atoms with Gasteiger partial charge in [0, 0.05) is 12.2 Å².